The second-order valence-corrected chi connectivity index (χ2v) is 5.28. The van der Waals surface area contributed by atoms with Gasteiger partial charge >= 0.3 is 0 Å². The fourth-order valence-electron chi connectivity index (χ4n) is 2.24. The summed E-state index contributed by atoms with van der Waals surface area (Å²) in [7, 11) is 0. The van der Waals surface area contributed by atoms with Crippen LogP contribution in [0.4, 0.5) is 0 Å². The van der Waals surface area contributed by atoms with E-state index in [-0.39, 0.29) is 6.04 Å². The number of rotatable bonds is 6. The third kappa shape index (κ3) is 4.07. The van der Waals surface area contributed by atoms with Crippen LogP contribution in [-0.2, 0) is 0 Å². The summed E-state index contributed by atoms with van der Waals surface area (Å²) in [5.41, 5.74) is 2.13. The highest BCUT2D eigenvalue weighted by atomic mass is 35.5. The van der Waals surface area contributed by atoms with E-state index in [2.05, 4.69) is 24.4 Å². The monoisotopic (exact) mass is 289 g/mol. The number of nitrogens with one attached hydrogen (secondary N) is 1. The molecule has 0 aliphatic heterocycles. The second-order valence-electron chi connectivity index (χ2n) is 4.85. The Morgan fingerprint density at radius 3 is 2.25 bits per heavy atom. The van der Waals surface area contributed by atoms with Crippen molar-refractivity contribution in [2.24, 2.45) is 0 Å². The van der Waals surface area contributed by atoms with Crippen LogP contribution < -0.4 is 5.32 Å². The first-order chi connectivity index (χ1) is 9.70. The van der Waals surface area contributed by atoms with E-state index in [4.69, 9.17) is 11.6 Å². The number of benzene rings is 2. The van der Waals surface area contributed by atoms with Gasteiger partial charge in [0.15, 0.2) is 0 Å². The Kier molecular flexibility index (Phi) is 5.60. The van der Waals surface area contributed by atoms with Crippen LogP contribution in [0.2, 0.25) is 5.02 Å². The molecule has 0 bridgehead atoms. The molecule has 2 nitrogen and oxygen atoms in total. The molecule has 2 N–H and O–H groups in total. The Hall–Kier alpha value is -1.35. The summed E-state index contributed by atoms with van der Waals surface area (Å²) >= 11 is 5.85. The lowest BCUT2D eigenvalue weighted by atomic mass is 10.0. The van der Waals surface area contributed by atoms with E-state index < -0.39 is 6.10 Å². The molecule has 0 fully saturated rings. The molecule has 0 amide bonds. The highest BCUT2D eigenvalue weighted by molar-refractivity contribution is 6.30. The van der Waals surface area contributed by atoms with Crippen molar-refractivity contribution < 1.29 is 5.11 Å². The Labute approximate surface area is 125 Å². The lowest BCUT2D eigenvalue weighted by Crippen LogP contribution is -2.26. The van der Waals surface area contributed by atoms with E-state index in [0.29, 0.717) is 11.6 Å². The first kappa shape index (κ1) is 15.0. The second kappa shape index (κ2) is 7.44. The average molecular weight is 290 g/mol. The molecule has 0 saturated carbocycles. The van der Waals surface area contributed by atoms with Crippen LogP contribution in [0.3, 0.4) is 0 Å². The fourth-order valence-corrected chi connectivity index (χ4v) is 2.37. The maximum absolute atomic E-state index is 10.2. The predicted molar refractivity (Wildman–Crippen MR) is 83.9 cm³/mol. The molecule has 0 saturated heterocycles. The number of aliphatic hydroxyl groups excluding tert-OH is 1. The number of hydrogen-bond acceptors (Lipinski definition) is 2. The molecule has 0 radical (unpaired) electrons. The van der Waals surface area contributed by atoms with Gasteiger partial charge in [-0.1, -0.05) is 61.0 Å². The maximum Gasteiger partial charge on any atom is 0.0914 e. The highest BCUT2D eigenvalue weighted by Gasteiger charge is 2.12. The van der Waals surface area contributed by atoms with Crippen molar-refractivity contribution in [3.8, 4) is 0 Å². The van der Waals surface area contributed by atoms with Gasteiger partial charge in [-0.3, -0.25) is 0 Å². The molecule has 0 aromatic heterocycles. The van der Waals surface area contributed by atoms with Gasteiger partial charge < -0.3 is 10.4 Å². The number of hydrogen-bond donors (Lipinski definition) is 2. The van der Waals surface area contributed by atoms with E-state index in [0.717, 1.165) is 12.0 Å². The molecule has 2 atom stereocenters. The summed E-state index contributed by atoms with van der Waals surface area (Å²) in [5.74, 6) is 0. The largest absolute Gasteiger partial charge is 0.387 e. The van der Waals surface area contributed by atoms with Crippen molar-refractivity contribution in [3.05, 3.63) is 70.7 Å². The summed E-state index contributed by atoms with van der Waals surface area (Å²) in [6.45, 7) is 2.66. The van der Waals surface area contributed by atoms with Crippen LogP contribution in [0.15, 0.2) is 54.6 Å². The van der Waals surface area contributed by atoms with Crippen molar-refractivity contribution in [2.75, 3.05) is 6.54 Å². The Morgan fingerprint density at radius 2 is 1.65 bits per heavy atom. The average Bonchev–Trinajstić information content (AvgIpc) is 2.49. The van der Waals surface area contributed by atoms with Gasteiger partial charge in [0, 0.05) is 17.6 Å². The zero-order chi connectivity index (χ0) is 14.4. The number of halogens is 1. The third-order valence-corrected chi connectivity index (χ3v) is 3.67. The van der Waals surface area contributed by atoms with Crippen molar-refractivity contribution in [1.82, 2.24) is 5.32 Å². The molecule has 2 rings (SSSR count). The summed E-state index contributed by atoms with van der Waals surface area (Å²) in [6, 6.07) is 17.9. The quantitative estimate of drug-likeness (QED) is 0.838. The van der Waals surface area contributed by atoms with Gasteiger partial charge in [-0.25, -0.2) is 0 Å². The standard InChI is InChI=1S/C17H20ClNO/c1-2-16(13-6-4-3-5-7-13)19-12-17(20)14-8-10-15(18)11-9-14/h3-11,16-17,19-20H,2,12H2,1H3. The van der Waals surface area contributed by atoms with E-state index in [1.165, 1.54) is 5.56 Å². The Morgan fingerprint density at radius 1 is 1.00 bits per heavy atom. The molecule has 2 unspecified atom stereocenters. The molecular formula is C17H20ClNO. The van der Waals surface area contributed by atoms with Crippen molar-refractivity contribution >= 4 is 11.6 Å². The lowest BCUT2D eigenvalue weighted by Gasteiger charge is -2.20. The molecule has 0 aliphatic carbocycles. The predicted octanol–water partition coefficient (Wildman–Crippen LogP) is 4.11. The molecular weight excluding hydrogens is 270 g/mol. The molecule has 2 aromatic rings. The van der Waals surface area contributed by atoms with E-state index in [9.17, 15) is 5.11 Å². The van der Waals surface area contributed by atoms with Crippen LogP contribution in [0.5, 0.6) is 0 Å². The topological polar surface area (TPSA) is 32.3 Å². The first-order valence-corrected chi connectivity index (χ1v) is 7.30. The Bertz CT molecular complexity index is 512. The Balaban J connectivity index is 1.94. The SMILES string of the molecule is CCC(NCC(O)c1ccc(Cl)cc1)c1ccccc1. The summed E-state index contributed by atoms with van der Waals surface area (Å²) in [6.07, 6.45) is 0.460. The van der Waals surface area contributed by atoms with Gasteiger partial charge in [-0.2, -0.15) is 0 Å². The maximum atomic E-state index is 10.2. The summed E-state index contributed by atoms with van der Waals surface area (Å²) < 4.78 is 0. The highest BCUT2D eigenvalue weighted by Crippen LogP contribution is 2.19. The van der Waals surface area contributed by atoms with Gasteiger partial charge in [0.05, 0.1) is 6.10 Å². The van der Waals surface area contributed by atoms with Crippen LogP contribution in [-0.4, -0.2) is 11.7 Å². The van der Waals surface area contributed by atoms with Gasteiger partial charge in [0.2, 0.25) is 0 Å². The first-order valence-electron chi connectivity index (χ1n) is 6.92. The lowest BCUT2D eigenvalue weighted by molar-refractivity contribution is 0.169. The minimum absolute atomic E-state index is 0.262. The summed E-state index contributed by atoms with van der Waals surface area (Å²) in [5, 5.41) is 14.3. The minimum atomic E-state index is -0.523. The zero-order valence-corrected chi connectivity index (χ0v) is 12.3. The van der Waals surface area contributed by atoms with Gasteiger partial charge in [-0.15, -0.1) is 0 Å². The van der Waals surface area contributed by atoms with Crippen LogP contribution >= 0.6 is 11.6 Å². The molecule has 3 heteroatoms. The van der Waals surface area contributed by atoms with Gasteiger partial charge in [0.1, 0.15) is 0 Å². The van der Waals surface area contributed by atoms with Gasteiger partial charge in [-0.05, 0) is 29.7 Å². The molecule has 0 heterocycles. The van der Waals surface area contributed by atoms with Crippen molar-refractivity contribution in [2.45, 2.75) is 25.5 Å². The molecule has 2 aromatic carbocycles. The van der Waals surface area contributed by atoms with E-state index in [1.807, 2.05) is 30.3 Å². The van der Waals surface area contributed by atoms with Crippen molar-refractivity contribution in [1.29, 1.82) is 0 Å². The van der Waals surface area contributed by atoms with E-state index in [1.54, 1.807) is 12.1 Å². The normalized spacial score (nSPS) is 13.9. The van der Waals surface area contributed by atoms with E-state index >= 15 is 0 Å². The smallest absolute Gasteiger partial charge is 0.0914 e. The van der Waals surface area contributed by atoms with Crippen molar-refractivity contribution in [3.63, 3.8) is 0 Å². The molecule has 106 valence electrons. The van der Waals surface area contributed by atoms with Gasteiger partial charge in [0.25, 0.3) is 0 Å². The minimum Gasteiger partial charge on any atom is -0.387 e. The number of aliphatic hydroxyl groups is 1. The van der Waals surface area contributed by atoms with Crippen LogP contribution in [0, 0.1) is 0 Å². The molecule has 0 aliphatic rings. The zero-order valence-electron chi connectivity index (χ0n) is 11.6. The third-order valence-electron chi connectivity index (χ3n) is 3.42. The van der Waals surface area contributed by atoms with Crippen LogP contribution in [0.25, 0.3) is 0 Å². The molecule has 20 heavy (non-hydrogen) atoms. The fraction of sp³-hybridized carbons (Fsp3) is 0.294. The summed E-state index contributed by atoms with van der Waals surface area (Å²) in [4.78, 5) is 0. The van der Waals surface area contributed by atoms with Crippen LogP contribution in [0.1, 0.15) is 36.6 Å². The molecule has 0 spiro atoms.